The van der Waals surface area contributed by atoms with Gasteiger partial charge in [-0.25, -0.2) is 19.7 Å². The van der Waals surface area contributed by atoms with Crippen molar-refractivity contribution < 1.29 is 23.9 Å². The summed E-state index contributed by atoms with van der Waals surface area (Å²) in [5, 5.41) is 2.48. The van der Waals surface area contributed by atoms with Crippen LogP contribution in [0.1, 0.15) is 26.2 Å². The van der Waals surface area contributed by atoms with Crippen molar-refractivity contribution in [3.63, 3.8) is 0 Å². The first kappa shape index (κ1) is 30.6. The number of aromatic nitrogens is 4. The van der Waals surface area contributed by atoms with Crippen molar-refractivity contribution >= 4 is 52.7 Å². The molecule has 0 radical (unpaired) electrons. The average molecular weight is 587 g/mol. The number of hydrogen-bond acceptors (Lipinski definition) is 9. The minimum Gasteiger partial charge on any atom is -0.460 e. The quantitative estimate of drug-likeness (QED) is 0.146. The van der Waals surface area contributed by atoms with Crippen molar-refractivity contribution in [2.24, 2.45) is 4.99 Å². The fraction of sp³-hybridized carbons (Fsp3) is 0.300. The molecule has 0 bridgehead atoms. The highest BCUT2D eigenvalue weighted by molar-refractivity contribution is 5.97. The van der Waals surface area contributed by atoms with Gasteiger partial charge in [-0.2, -0.15) is 9.97 Å². The maximum Gasteiger partial charge on any atom is 0.426 e. The number of hydrogen-bond donors (Lipinski definition) is 1. The summed E-state index contributed by atoms with van der Waals surface area (Å²) >= 11 is 0. The zero-order valence-corrected chi connectivity index (χ0v) is 24.5. The molecule has 13 heteroatoms. The molecule has 0 saturated heterocycles. The summed E-state index contributed by atoms with van der Waals surface area (Å²) in [6.45, 7) is 2.10. The lowest BCUT2D eigenvalue weighted by Gasteiger charge is -2.21. The molecule has 1 atom stereocenters. The first-order valence-electron chi connectivity index (χ1n) is 13.7. The van der Waals surface area contributed by atoms with E-state index in [-0.39, 0.29) is 37.1 Å². The molecule has 2 aromatic heterocycles. The van der Waals surface area contributed by atoms with Crippen LogP contribution < -0.4 is 15.0 Å². The van der Waals surface area contributed by atoms with Crippen LogP contribution in [-0.4, -0.2) is 76.0 Å². The van der Waals surface area contributed by atoms with Crippen LogP contribution in [0.15, 0.2) is 72.0 Å². The SMILES string of the molecule is CC[C@H](Cn1cnc2c(N=CN(C)C)nc(OC(=O)N(c3ccccc3)c3ccccc3)nc21)OC(=O)CCC(=O)NC. The molecular weight excluding hydrogens is 552 g/mol. The molecule has 0 aliphatic heterocycles. The fourth-order valence-electron chi connectivity index (χ4n) is 4.04. The third kappa shape index (κ3) is 8.12. The number of anilines is 2. The highest BCUT2D eigenvalue weighted by Gasteiger charge is 2.24. The fourth-order valence-corrected chi connectivity index (χ4v) is 4.04. The van der Waals surface area contributed by atoms with E-state index in [0.717, 1.165) is 0 Å². The minimum absolute atomic E-state index is 0.0359. The molecule has 2 heterocycles. The molecule has 13 nitrogen and oxygen atoms in total. The van der Waals surface area contributed by atoms with E-state index in [9.17, 15) is 14.4 Å². The molecule has 0 spiro atoms. The zero-order valence-electron chi connectivity index (χ0n) is 24.5. The van der Waals surface area contributed by atoms with Gasteiger partial charge in [0, 0.05) is 27.6 Å². The van der Waals surface area contributed by atoms with Crippen molar-refractivity contribution in [3.05, 3.63) is 67.0 Å². The van der Waals surface area contributed by atoms with Gasteiger partial charge in [-0.3, -0.25) is 9.59 Å². The van der Waals surface area contributed by atoms with Gasteiger partial charge in [0.25, 0.3) is 0 Å². The predicted octanol–water partition coefficient (Wildman–Crippen LogP) is 4.23. The number of imidazole rings is 1. The minimum atomic E-state index is -0.721. The summed E-state index contributed by atoms with van der Waals surface area (Å²) in [6, 6.07) is 17.9. The smallest absolute Gasteiger partial charge is 0.426 e. The Labute approximate surface area is 249 Å². The van der Waals surface area contributed by atoms with Crippen LogP contribution in [0.4, 0.5) is 22.0 Å². The lowest BCUT2D eigenvalue weighted by molar-refractivity contribution is -0.150. The van der Waals surface area contributed by atoms with Crippen molar-refractivity contribution in [2.75, 3.05) is 26.0 Å². The van der Waals surface area contributed by atoms with E-state index in [0.29, 0.717) is 29.0 Å². The van der Waals surface area contributed by atoms with Gasteiger partial charge in [0.1, 0.15) is 6.10 Å². The van der Waals surface area contributed by atoms with Gasteiger partial charge in [0.15, 0.2) is 17.0 Å². The molecule has 43 heavy (non-hydrogen) atoms. The molecular formula is C30H34N8O5. The first-order chi connectivity index (χ1) is 20.8. The second kappa shape index (κ2) is 14.5. The number of rotatable bonds is 12. The number of nitrogens with zero attached hydrogens (tertiary/aromatic N) is 7. The number of carbonyl (C=O) groups is 3. The summed E-state index contributed by atoms with van der Waals surface area (Å²) in [4.78, 5) is 58.4. The molecule has 4 rings (SSSR count). The van der Waals surface area contributed by atoms with Crippen molar-refractivity contribution in [1.82, 2.24) is 29.7 Å². The molecule has 4 aromatic rings. The van der Waals surface area contributed by atoms with Crippen molar-refractivity contribution in [1.29, 1.82) is 0 Å². The van der Waals surface area contributed by atoms with Crippen LogP contribution in [-0.2, 0) is 20.9 Å². The molecule has 2 aromatic carbocycles. The summed E-state index contributed by atoms with van der Waals surface area (Å²) in [5.74, 6) is -0.530. The highest BCUT2D eigenvalue weighted by Crippen LogP contribution is 2.28. The number of esters is 1. The number of ether oxygens (including phenoxy) is 2. The second-order valence-corrected chi connectivity index (χ2v) is 9.67. The van der Waals surface area contributed by atoms with Gasteiger partial charge >= 0.3 is 18.1 Å². The van der Waals surface area contributed by atoms with Gasteiger partial charge in [-0.1, -0.05) is 43.3 Å². The Morgan fingerprint density at radius 3 is 2.23 bits per heavy atom. The van der Waals surface area contributed by atoms with Gasteiger partial charge < -0.3 is 24.3 Å². The maximum atomic E-state index is 13.6. The van der Waals surface area contributed by atoms with Crippen LogP contribution in [0.2, 0.25) is 0 Å². The van der Waals surface area contributed by atoms with E-state index >= 15 is 0 Å². The molecule has 0 aliphatic carbocycles. The third-order valence-electron chi connectivity index (χ3n) is 6.21. The van der Waals surface area contributed by atoms with E-state index in [1.807, 2.05) is 57.4 Å². The largest absolute Gasteiger partial charge is 0.460 e. The number of para-hydroxylation sites is 2. The highest BCUT2D eigenvalue weighted by atomic mass is 16.6. The van der Waals surface area contributed by atoms with E-state index in [2.05, 4.69) is 25.3 Å². The van der Waals surface area contributed by atoms with Gasteiger partial charge in [-0.05, 0) is 30.7 Å². The van der Waals surface area contributed by atoms with Crippen LogP contribution >= 0.6 is 0 Å². The molecule has 1 N–H and O–H groups in total. The lowest BCUT2D eigenvalue weighted by Crippen LogP contribution is -2.29. The zero-order chi connectivity index (χ0) is 30.8. The van der Waals surface area contributed by atoms with Crippen molar-refractivity contribution in [2.45, 2.75) is 38.8 Å². The number of nitrogens with one attached hydrogen (secondary N) is 1. The van der Waals surface area contributed by atoms with Crippen LogP contribution in [0, 0.1) is 0 Å². The topological polar surface area (TPSA) is 144 Å². The molecule has 2 amide bonds. The van der Waals surface area contributed by atoms with E-state index < -0.39 is 18.2 Å². The van der Waals surface area contributed by atoms with Gasteiger partial charge in [0.05, 0.1) is 37.0 Å². The Morgan fingerprint density at radius 1 is 1.00 bits per heavy atom. The number of benzene rings is 2. The van der Waals surface area contributed by atoms with Crippen LogP contribution in [0.5, 0.6) is 6.01 Å². The Hall–Kier alpha value is -5.33. The Kier molecular flexibility index (Phi) is 10.3. The standard InChI is InChI=1S/C30H34N8O5/c1-5-23(42-25(40)17-16-24(39)31-2)18-37-20-32-26-27(33-19-36(3)4)34-29(35-28(26)37)43-30(41)38(21-12-8-6-9-13-21)22-14-10-7-11-15-22/h6-15,19-20,23H,5,16-18H2,1-4H3,(H,31,39)/t23-/m1/s1. The molecule has 224 valence electrons. The number of amides is 2. The van der Waals surface area contributed by atoms with E-state index in [1.165, 1.54) is 11.9 Å². The normalized spacial score (nSPS) is 11.7. The monoisotopic (exact) mass is 586 g/mol. The maximum absolute atomic E-state index is 13.6. The summed E-state index contributed by atoms with van der Waals surface area (Å²) in [6.07, 6.45) is 2.37. The van der Waals surface area contributed by atoms with Crippen LogP contribution in [0.25, 0.3) is 11.2 Å². The predicted molar refractivity (Wildman–Crippen MR) is 162 cm³/mol. The molecule has 0 aliphatic rings. The average Bonchev–Trinajstić information content (AvgIpc) is 3.41. The summed E-state index contributed by atoms with van der Waals surface area (Å²) < 4.78 is 13.0. The number of aliphatic imine (C=N–C) groups is 1. The Bertz CT molecular complexity index is 1530. The Balaban J connectivity index is 1.65. The molecule has 0 saturated carbocycles. The number of fused-ring (bicyclic) bond motifs is 1. The van der Waals surface area contributed by atoms with Gasteiger partial charge in [-0.15, -0.1) is 0 Å². The lowest BCUT2D eigenvalue weighted by atomic mass is 10.2. The number of carbonyl (C=O) groups excluding carboxylic acids is 3. The molecule has 0 unspecified atom stereocenters. The second-order valence-electron chi connectivity index (χ2n) is 9.67. The first-order valence-corrected chi connectivity index (χ1v) is 13.7. The van der Waals surface area contributed by atoms with Gasteiger partial charge in [0.2, 0.25) is 5.91 Å². The van der Waals surface area contributed by atoms with E-state index in [4.69, 9.17) is 9.47 Å². The molecule has 0 fully saturated rings. The summed E-state index contributed by atoms with van der Waals surface area (Å²) in [5.41, 5.74) is 1.91. The summed E-state index contributed by atoms with van der Waals surface area (Å²) in [7, 11) is 5.13. The Morgan fingerprint density at radius 2 is 1.65 bits per heavy atom. The van der Waals surface area contributed by atoms with E-state index in [1.54, 1.807) is 46.4 Å². The van der Waals surface area contributed by atoms with Crippen molar-refractivity contribution in [3.8, 4) is 6.01 Å². The third-order valence-corrected chi connectivity index (χ3v) is 6.21. The van der Waals surface area contributed by atoms with Crippen LogP contribution in [0.3, 0.4) is 0 Å².